The van der Waals surface area contributed by atoms with E-state index in [1.54, 1.807) is 30.2 Å². The molecule has 0 saturated carbocycles. The van der Waals surface area contributed by atoms with Crippen LogP contribution in [0.4, 0.5) is 5.69 Å². The van der Waals surface area contributed by atoms with Gasteiger partial charge in [-0.05, 0) is 37.5 Å². The number of likely N-dealkylation sites (tertiary alicyclic amines) is 1. The minimum atomic E-state index is -0.303. The monoisotopic (exact) mass is 348 g/mol. The lowest BCUT2D eigenvalue weighted by atomic mass is 9.78. The third-order valence-electron chi connectivity index (χ3n) is 4.98. The lowest BCUT2D eigenvalue weighted by Crippen LogP contribution is -2.48. The van der Waals surface area contributed by atoms with Crippen LogP contribution >= 0.6 is 0 Å². The first-order valence-corrected chi connectivity index (χ1v) is 8.53. The summed E-state index contributed by atoms with van der Waals surface area (Å²) in [5, 5.41) is 12.6. The number of rotatable bonds is 5. The summed E-state index contributed by atoms with van der Waals surface area (Å²) in [6.45, 7) is 1.75. The smallest absolute Gasteiger partial charge is 0.262 e. The van der Waals surface area contributed by atoms with E-state index in [0.717, 1.165) is 19.3 Å². The van der Waals surface area contributed by atoms with Gasteiger partial charge in [0.15, 0.2) is 6.61 Å². The van der Waals surface area contributed by atoms with Gasteiger partial charge in [0.2, 0.25) is 0 Å². The molecule has 2 aliphatic heterocycles. The summed E-state index contributed by atoms with van der Waals surface area (Å²) in [6.07, 6.45) is 2.46. The Kier molecular flexibility index (Phi) is 5.24. The van der Waals surface area contributed by atoms with Crippen LogP contribution in [0.2, 0.25) is 0 Å². The number of anilines is 1. The van der Waals surface area contributed by atoms with E-state index in [4.69, 9.17) is 9.47 Å². The molecular formula is C18H24N2O5. The zero-order valence-electron chi connectivity index (χ0n) is 14.4. The van der Waals surface area contributed by atoms with Gasteiger partial charge in [-0.1, -0.05) is 0 Å². The fourth-order valence-corrected chi connectivity index (χ4v) is 3.50. The maximum atomic E-state index is 12.9. The minimum Gasteiger partial charge on any atom is -0.482 e. The molecule has 1 aromatic carbocycles. The topological polar surface area (TPSA) is 88.1 Å². The molecule has 3 rings (SSSR count). The summed E-state index contributed by atoms with van der Waals surface area (Å²) >= 11 is 0. The fourth-order valence-electron chi connectivity index (χ4n) is 3.50. The number of amides is 2. The maximum absolute atomic E-state index is 12.9. The van der Waals surface area contributed by atoms with Crippen LogP contribution in [0.25, 0.3) is 0 Å². The normalized spacial score (nSPS) is 22.8. The minimum absolute atomic E-state index is 0.0411. The molecule has 0 aromatic heterocycles. The molecule has 7 nitrogen and oxygen atoms in total. The van der Waals surface area contributed by atoms with Crippen molar-refractivity contribution >= 4 is 17.5 Å². The highest BCUT2D eigenvalue weighted by atomic mass is 16.5. The Morgan fingerprint density at radius 1 is 1.48 bits per heavy atom. The van der Waals surface area contributed by atoms with E-state index in [2.05, 4.69) is 5.32 Å². The van der Waals surface area contributed by atoms with E-state index in [1.807, 2.05) is 0 Å². The number of carbonyl (C=O) groups is 2. The van der Waals surface area contributed by atoms with Crippen molar-refractivity contribution < 1.29 is 24.2 Å². The first-order chi connectivity index (χ1) is 12.1. The van der Waals surface area contributed by atoms with Gasteiger partial charge in [0, 0.05) is 37.8 Å². The van der Waals surface area contributed by atoms with Gasteiger partial charge >= 0.3 is 0 Å². The third-order valence-corrected chi connectivity index (χ3v) is 4.98. The number of ether oxygens (including phenoxy) is 2. The van der Waals surface area contributed by atoms with Gasteiger partial charge in [-0.25, -0.2) is 0 Å². The molecule has 2 heterocycles. The molecule has 2 N–H and O–H groups in total. The quantitative estimate of drug-likeness (QED) is 0.837. The highest BCUT2D eigenvalue weighted by Crippen LogP contribution is 2.35. The maximum Gasteiger partial charge on any atom is 0.262 e. The number of carbonyl (C=O) groups excluding carboxylic acids is 2. The second-order valence-corrected chi connectivity index (χ2v) is 6.78. The number of hydrogen-bond donors (Lipinski definition) is 2. The van der Waals surface area contributed by atoms with E-state index in [1.165, 1.54) is 0 Å². The molecule has 1 fully saturated rings. The van der Waals surface area contributed by atoms with Gasteiger partial charge in [-0.3, -0.25) is 9.59 Å². The van der Waals surface area contributed by atoms with Crippen LogP contribution in [0.15, 0.2) is 18.2 Å². The zero-order valence-corrected chi connectivity index (χ0v) is 14.4. The Labute approximate surface area is 146 Å². The van der Waals surface area contributed by atoms with Crippen molar-refractivity contribution in [1.29, 1.82) is 0 Å². The molecule has 136 valence electrons. The molecule has 2 amide bonds. The average Bonchev–Trinajstić information content (AvgIpc) is 2.65. The number of nitrogens with one attached hydrogen (secondary N) is 1. The summed E-state index contributed by atoms with van der Waals surface area (Å²) in [5.74, 6) is 0.224. The van der Waals surface area contributed by atoms with Crippen LogP contribution in [0.5, 0.6) is 5.75 Å². The predicted molar refractivity (Wildman–Crippen MR) is 91.7 cm³/mol. The Morgan fingerprint density at radius 3 is 3.08 bits per heavy atom. The average molecular weight is 348 g/mol. The number of hydrogen-bond acceptors (Lipinski definition) is 5. The van der Waals surface area contributed by atoms with Crippen molar-refractivity contribution in [3.8, 4) is 5.75 Å². The molecule has 0 radical (unpaired) electrons. The molecule has 1 unspecified atom stereocenters. The van der Waals surface area contributed by atoms with Crippen molar-refractivity contribution in [3.63, 3.8) is 0 Å². The molecule has 2 aliphatic rings. The molecule has 1 aromatic rings. The zero-order chi connectivity index (χ0) is 17.9. The SMILES string of the molecule is COCCC1(CO)CCCN(C(=O)c2ccc3c(c2)OCC(=O)N3)C1. The van der Waals surface area contributed by atoms with Crippen LogP contribution < -0.4 is 10.1 Å². The summed E-state index contributed by atoms with van der Waals surface area (Å²) in [5.41, 5.74) is 0.800. The number of piperidine rings is 1. The van der Waals surface area contributed by atoms with E-state index in [0.29, 0.717) is 36.7 Å². The molecule has 0 aliphatic carbocycles. The molecule has 7 heteroatoms. The fraction of sp³-hybridized carbons (Fsp3) is 0.556. The van der Waals surface area contributed by atoms with Gasteiger partial charge in [-0.2, -0.15) is 0 Å². The molecule has 1 atom stereocenters. The second kappa shape index (κ2) is 7.41. The van der Waals surface area contributed by atoms with Gasteiger partial charge < -0.3 is 24.8 Å². The number of aliphatic hydroxyl groups is 1. The molecule has 0 spiro atoms. The highest BCUT2D eigenvalue weighted by molar-refractivity contribution is 5.99. The van der Waals surface area contributed by atoms with E-state index < -0.39 is 0 Å². The van der Waals surface area contributed by atoms with Gasteiger partial charge in [0.1, 0.15) is 5.75 Å². The Bertz CT molecular complexity index is 663. The molecule has 1 saturated heterocycles. The van der Waals surface area contributed by atoms with Crippen LogP contribution in [0.3, 0.4) is 0 Å². The summed E-state index contributed by atoms with van der Waals surface area (Å²) in [6, 6.07) is 5.05. The summed E-state index contributed by atoms with van der Waals surface area (Å²) < 4.78 is 10.5. The van der Waals surface area contributed by atoms with Crippen LogP contribution in [-0.2, 0) is 9.53 Å². The molecular weight excluding hydrogens is 324 g/mol. The first kappa shape index (κ1) is 17.7. The van der Waals surface area contributed by atoms with Crippen molar-refractivity contribution in [2.45, 2.75) is 19.3 Å². The van der Waals surface area contributed by atoms with E-state index in [-0.39, 0.29) is 30.4 Å². The van der Waals surface area contributed by atoms with E-state index >= 15 is 0 Å². The third kappa shape index (κ3) is 3.77. The molecule has 0 bridgehead atoms. The highest BCUT2D eigenvalue weighted by Gasteiger charge is 2.36. The Morgan fingerprint density at radius 2 is 2.32 bits per heavy atom. The summed E-state index contributed by atoms with van der Waals surface area (Å²) in [4.78, 5) is 26.0. The van der Waals surface area contributed by atoms with Gasteiger partial charge in [0.25, 0.3) is 11.8 Å². The number of methoxy groups -OCH3 is 1. The standard InChI is InChI=1S/C18H24N2O5/c1-24-8-6-18(12-21)5-2-7-20(11-18)17(23)13-3-4-14-15(9-13)25-10-16(22)19-14/h3-4,9,21H,2,5-8,10-12H2,1H3,(H,19,22). The van der Waals surface area contributed by atoms with Crippen molar-refractivity contribution in [3.05, 3.63) is 23.8 Å². The van der Waals surface area contributed by atoms with Gasteiger partial charge in [-0.15, -0.1) is 0 Å². The first-order valence-electron chi connectivity index (χ1n) is 8.53. The largest absolute Gasteiger partial charge is 0.482 e. The van der Waals surface area contributed by atoms with Crippen molar-refractivity contribution in [2.75, 3.05) is 45.3 Å². The molecule has 25 heavy (non-hydrogen) atoms. The van der Waals surface area contributed by atoms with Crippen LogP contribution in [0, 0.1) is 5.41 Å². The van der Waals surface area contributed by atoms with Crippen LogP contribution in [0.1, 0.15) is 29.6 Å². The lowest BCUT2D eigenvalue weighted by Gasteiger charge is -2.42. The number of nitrogens with zero attached hydrogens (tertiary/aromatic N) is 1. The predicted octanol–water partition coefficient (Wildman–Crippen LogP) is 1.27. The number of fused-ring (bicyclic) bond motifs is 1. The van der Waals surface area contributed by atoms with Crippen molar-refractivity contribution in [2.24, 2.45) is 5.41 Å². The lowest BCUT2D eigenvalue weighted by molar-refractivity contribution is -0.118. The number of aliphatic hydroxyl groups excluding tert-OH is 1. The van der Waals surface area contributed by atoms with E-state index in [9.17, 15) is 14.7 Å². The van der Waals surface area contributed by atoms with Crippen LogP contribution in [-0.4, -0.2) is 61.8 Å². The van der Waals surface area contributed by atoms with Crippen molar-refractivity contribution in [1.82, 2.24) is 4.90 Å². The second-order valence-electron chi connectivity index (χ2n) is 6.78. The van der Waals surface area contributed by atoms with Gasteiger partial charge in [0.05, 0.1) is 12.3 Å². The Balaban J connectivity index is 1.75. The summed E-state index contributed by atoms with van der Waals surface area (Å²) in [7, 11) is 1.64. The Hall–Kier alpha value is -2.12. The number of benzene rings is 1.